The molecule has 0 aliphatic rings. The molecule has 0 saturated carbocycles. The van der Waals surface area contributed by atoms with Crippen molar-refractivity contribution in [3.63, 3.8) is 0 Å². The van der Waals surface area contributed by atoms with E-state index in [1.165, 1.54) is 12.1 Å². The van der Waals surface area contributed by atoms with Gasteiger partial charge in [0.05, 0.1) is 24.1 Å². The zero-order valence-electron chi connectivity index (χ0n) is 7.37. The van der Waals surface area contributed by atoms with E-state index in [1.54, 1.807) is 0 Å². The minimum absolute atomic E-state index is 0.111. The van der Waals surface area contributed by atoms with E-state index in [9.17, 15) is 4.39 Å². The molecular weight excluding hydrogens is 181 g/mol. The predicted octanol–water partition coefficient (Wildman–Crippen LogP) is 1.61. The lowest BCUT2D eigenvalue weighted by Gasteiger charge is -2.09. The van der Waals surface area contributed by atoms with Gasteiger partial charge in [-0.1, -0.05) is 6.07 Å². The highest BCUT2D eigenvalue weighted by Crippen LogP contribution is 2.18. The van der Waals surface area contributed by atoms with Gasteiger partial charge in [-0.25, -0.2) is 4.39 Å². The molecule has 3 nitrogen and oxygen atoms in total. The SMILES string of the molecule is N#CC[C@@H](N)c1ccc(F)cc1C#N. The van der Waals surface area contributed by atoms with E-state index in [0.29, 0.717) is 5.56 Å². The Morgan fingerprint density at radius 2 is 2.14 bits per heavy atom. The average Bonchev–Trinajstić information content (AvgIpc) is 2.17. The second-order valence-electron chi connectivity index (χ2n) is 2.81. The average molecular weight is 189 g/mol. The molecule has 1 aromatic carbocycles. The van der Waals surface area contributed by atoms with Crippen LogP contribution in [0.1, 0.15) is 23.6 Å². The van der Waals surface area contributed by atoms with Gasteiger partial charge in [-0.2, -0.15) is 10.5 Å². The molecule has 1 aromatic rings. The molecule has 0 heterocycles. The Kier molecular flexibility index (Phi) is 3.17. The van der Waals surface area contributed by atoms with Crippen LogP contribution in [0.4, 0.5) is 4.39 Å². The zero-order valence-corrected chi connectivity index (χ0v) is 7.37. The van der Waals surface area contributed by atoms with Crippen LogP contribution in [-0.4, -0.2) is 0 Å². The number of nitrogens with two attached hydrogens (primary N) is 1. The predicted molar refractivity (Wildman–Crippen MR) is 48.3 cm³/mol. The van der Waals surface area contributed by atoms with Crippen LogP contribution in [0.3, 0.4) is 0 Å². The number of hydrogen-bond donors (Lipinski definition) is 1. The van der Waals surface area contributed by atoms with Crippen molar-refractivity contribution in [3.05, 3.63) is 35.1 Å². The summed E-state index contributed by atoms with van der Waals surface area (Å²) in [7, 11) is 0. The molecule has 0 radical (unpaired) electrons. The second-order valence-corrected chi connectivity index (χ2v) is 2.81. The lowest BCUT2D eigenvalue weighted by molar-refractivity contribution is 0.624. The molecule has 0 unspecified atom stereocenters. The Balaban J connectivity index is 3.10. The lowest BCUT2D eigenvalue weighted by Crippen LogP contribution is -2.11. The summed E-state index contributed by atoms with van der Waals surface area (Å²) in [6.45, 7) is 0. The Hall–Kier alpha value is -1.91. The number of hydrogen-bond acceptors (Lipinski definition) is 3. The van der Waals surface area contributed by atoms with Crippen molar-refractivity contribution in [3.8, 4) is 12.1 Å². The monoisotopic (exact) mass is 189 g/mol. The highest BCUT2D eigenvalue weighted by molar-refractivity contribution is 5.40. The van der Waals surface area contributed by atoms with E-state index < -0.39 is 11.9 Å². The van der Waals surface area contributed by atoms with Crippen molar-refractivity contribution < 1.29 is 4.39 Å². The summed E-state index contributed by atoms with van der Waals surface area (Å²) < 4.78 is 12.7. The quantitative estimate of drug-likeness (QED) is 0.768. The molecule has 0 bridgehead atoms. The van der Waals surface area contributed by atoms with Crippen LogP contribution in [0.2, 0.25) is 0 Å². The summed E-state index contributed by atoms with van der Waals surface area (Å²) in [5.41, 5.74) is 6.33. The third-order valence-electron chi connectivity index (χ3n) is 1.85. The number of nitrogens with zero attached hydrogens (tertiary/aromatic N) is 2. The molecule has 0 saturated heterocycles. The maximum atomic E-state index is 12.7. The van der Waals surface area contributed by atoms with Crippen molar-refractivity contribution >= 4 is 0 Å². The Morgan fingerprint density at radius 1 is 1.43 bits per heavy atom. The van der Waals surface area contributed by atoms with Gasteiger partial charge in [0.25, 0.3) is 0 Å². The first-order valence-electron chi connectivity index (χ1n) is 4.01. The Morgan fingerprint density at radius 3 is 2.71 bits per heavy atom. The fourth-order valence-corrected chi connectivity index (χ4v) is 1.16. The van der Waals surface area contributed by atoms with E-state index in [-0.39, 0.29) is 12.0 Å². The molecule has 0 spiro atoms. The lowest BCUT2D eigenvalue weighted by atomic mass is 10.00. The first-order chi connectivity index (χ1) is 6.69. The van der Waals surface area contributed by atoms with Crippen molar-refractivity contribution in [1.82, 2.24) is 0 Å². The normalized spacial score (nSPS) is 11.4. The van der Waals surface area contributed by atoms with Gasteiger partial charge < -0.3 is 5.73 Å². The number of halogens is 1. The maximum Gasteiger partial charge on any atom is 0.124 e. The van der Waals surface area contributed by atoms with Gasteiger partial charge in [0.15, 0.2) is 0 Å². The van der Waals surface area contributed by atoms with E-state index in [2.05, 4.69) is 0 Å². The summed E-state index contributed by atoms with van der Waals surface area (Å²) in [6.07, 6.45) is 0.111. The largest absolute Gasteiger partial charge is 0.323 e. The third-order valence-corrected chi connectivity index (χ3v) is 1.85. The fraction of sp³-hybridized carbons (Fsp3) is 0.200. The van der Waals surface area contributed by atoms with Gasteiger partial charge in [0.2, 0.25) is 0 Å². The fourth-order valence-electron chi connectivity index (χ4n) is 1.16. The van der Waals surface area contributed by atoms with Crippen LogP contribution >= 0.6 is 0 Å². The minimum atomic E-state index is -0.532. The topological polar surface area (TPSA) is 73.6 Å². The third kappa shape index (κ3) is 2.07. The smallest absolute Gasteiger partial charge is 0.124 e. The summed E-state index contributed by atoms with van der Waals surface area (Å²) in [4.78, 5) is 0. The molecule has 0 aromatic heterocycles. The molecule has 4 heteroatoms. The summed E-state index contributed by atoms with van der Waals surface area (Å²) in [6, 6.07) is 7.01. The Bertz CT molecular complexity index is 414. The summed E-state index contributed by atoms with van der Waals surface area (Å²) >= 11 is 0. The van der Waals surface area contributed by atoms with Gasteiger partial charge in [-0.05, 0) is 17.7 Å². The minimum Gasteiger partial charge on any atom is -0.323 e. The summed E-state index contributed by atoms with van der Waals surface area (Å²) in [5, 5.41) is 17.1. The van der Waals surface area contributed by atoms with E-state index >= 15 is 0 Å². The van der Waals surface area contributed by atoms with Crippen molar-refractivity contribution in [2.75, 3.05) is 0 Å². The van der Waals surface area contributed by atoms with Crippen LogP contribution < -0.4 is 5.73 Å². The molecule has 2 N–H and O–H groups in total. The van der Waals surface area contributed by atoms with E-state index in [1.807, 2.05) is 12.1 Å². The van der Waals surface area contributed by atoms with Crippen molar-refractivity contribution in [2.24, 2.45) is 5.73 Å². The molecule has 1 atom stereocenters. The standard InChI is InChI=1S/C10H8FN3/c11-8-1-2-9(7(5-8)6-13)10(14)3-4-12/h1-2,5,10H,3,14H2/t10-/m1/s1. The van der Waals surface area contributed by atoms with Crippen LogP contribution in [0.25, 0.3) is 0 Å². The molecule has 0 fully saturated rings. The van der Waals surface area contributed by atoms with Gasteiger partial charge in [0.1, 0.15) is 5.82 Å². The zero-order chi connectivity index (χ0) is 10.6. The first kappa shape index (κ1) is 10.2. The van der Waals surface area contributed by atoms with Gasteiger partial charge in [-0.3, -0.25) is 0 Å². The highest BCUT2D eigenvalue weighted by atomic mass is 19.1. The highest BCUT2D eigenvalue weighted by Gasteiger charge is 2.11. The van der Waals surface area contributed by atoms with Crippen LogP contribution in [-0.2, 0) is 0 Å². The number of nitriles is 2. The molecule has 0 aliphatic heterocycles. The number of benzene rings is 1. The molecule has 0 aliphatic carbocycles. The molecule has 70 valence electrons. The van der Waals surface area contributed by atoms with Crippen LogP contribution in [0.15, 0.2) is 18.2 Å². The first-order valence-corrected chi connectivity index (χ1v) is 4.01. The van der Waals surface area contributed by atoms with Crippen LogP contribution in [0, 0.1) is 28.5 Å². The molecule has 0 amide bonds. The van der Waals surface area contributed by atoms with Gasteiger partial charge >= 0.3 is 0 Å². The number of rotatable bonds is 2. The Labute approximate surface area is 81.2 Å². The van der Waals surface area contributed by atoms with E-state index in [0.717, 1.165) is 6.07 Å². The second kappa shape index (κ2) is 4.36. The maximum absolute atomic E-state index is 12.7. The van der Waals surface area contributed by atoms with E-state index in [4.69, 9.17) is 16.3 Å². The molecule has 14 heavy (non-hydrogen) atoms. The van der Waals surface area contributed by atoms with Gasteiger partial charge in [0, 0.05) is 6.04 Å². The summed E-state index contributed by atoms with van der Waals surface area (Å²) in [5.74, 6) is -0.477. The molecular formula is C10H8FN3. The van der Waals surface area contributed by atoms with Crippen LogP contribution in [0.5, 0.6) is 0 Å². The van der Waals surface area contributed by atoms with Crippen molar-refractivity contribution in [1.29, 1.82) is 10.5 Å². The van der Waals surface area contributed by atoms with Crippen molar-refractivity contribution in [2.45, 2.75) is 12.5 Å². The molecule has 1 rings (SSSR count). The van der Waals surface area contributed by atoms with Gasteiger partial charge in [-0.15, -0.1) is 0 Å².